The summed E-state index contributed by atoms with van der Waals surface area (Å²) in [5.74, 6) is 0. The molecule has 0 N–H and O–H groups in total. The van der Waals surface area contributed by atoms with Crippen LogP contribution in [0.2, 0.25) is 0 Å². The van der Waals surface area contributed by atoms with E-state index in [0.29, 0.717) is 5.41 Å². The third kappa shape index (κ3) is 2.20. The van der Waals surface area contributed by atoms with E-state index >= 15 is 0 Å². The molecule has 0 atom stereocenters. The van der Waals surface area contributed by atoms with Crippen LogP contribution in [0.3, 0.4) is 0 Å². The number of benzene rings is 1. The topological polar surface area (TPSA) is 12.9 Å². The second-order valence-electron chi connectivity index (χ2n) is 5.35. The third-order valence-corrected chi connectivity index (χ3v) is 3.42. The number of aromatic nitrogens is 1. The lowest BCUT2D eigenvalue weighted by Gasteiger charge is -2.18. The fraction of sp³-hybridized carbons (Fsp3) is 0.462. The monoisotopic (exact) mass is 219 g/mol. The van der Waals surface area contributed by atoms with Gasteiger partial charge in [-0.2, -0.15) is 4.37 Å². The predicted octanol–water partition coefficient (Wildman–Crippen LogP) is 4.19. The largest absolute Gasteiger partial charge is 0.200 e. The fourth-order valence-corrected chi connectivity index (χ4v) is 2.69. The summed E-state index contributed by atoms with van der Waals surface area (Å²) in [6.45, 7) is 8.98. The molecule has 1 heterocycles. The van der Waals surface area contributed by atoms with Crippen molar-refractivity contribution in [3.05, 3.63) is 29.5 Å². The summed E-state index contributed by atoms with van der Waals surface area (Å²) in [6, 6.07) is 4.46. The lowest BCUT2D eigenvalue weighted by atomic mass is 9.87. The Morgan fingerprint density at radius 2 is 2.00 bits per heavy atom. The van der Waals surface area contributed by atoms with Crippen LogP contribution in [0, 0.1) is 12.3 Å². The van der Waals surface area contributed by atoms with E-state index < -0.39 is 0 Å². The second-order valence-corrected chi connectivity index (χ2v) is 6.15. The molecule has 0 spiro atoms. The highest BCUT2D eigenvalue weighted by Gasteiger charge is 2.14. The van der Waals surface area contributed by atoms with Crippen molar-refractivity contribution < 1.29 is 0 Å². The molecule has 0 saturated heterocycles. The summed E-state index contributed by atoms with van der Waals surface area (Å²) >= 11 is 1.62. The zero-order valence-electron chi connectivity index (χ0n) is 9.79. The van der Waals surface area contributed by atoms with Gasteiger partial charge in [-0.1, -0.05) is 32.9 Å². The van der Waals surface area contributed by atoms with E-state index in [-0.39, 0.29) is 0 Å². The lowest BCUT2D eigenvalue weighted by molar-refractivity contribution is 0.413. The molecule has 0 saturated carbocycles. The van der Waals surface area contributed by atoms with Gasteiger partial charge in [0.15, 0.2) is 0 Å². The smallest absolute Gasteiger partial charge is 0.0584 e. The number of hydrogen-bond acceptors (Lipinski definition) is 2. The van der Waals surface area contributed by atoms with Crippen LogP contribution in [0.5, 0.6) is 0 Å². The Morgan fingerprint density at radius 1 is 1.27 bits per heavy atom. The van der Waals surface area contributed by atoms with Crippen molar-refractivity contribution in [3.63, 3.8) is 0 Å². The van der Waals surface area contributed by atoms with Gasteiger partial charge in [-0.3, -0.25) is 0 Å². The maximum Gasteiger partial charge on any atom is 0.0584 e. The highest BCUT2D eigenvalue weighted by atomic mass is 32.1. The minimum absolute atomic E-state index is 0.339. The van der Waals surface area contributed by atoms with Crippen molar-refractivity contribution in [2.24, 2.45) is 5.41 Å². The molecule has 0 unspecified atom stereocenters. The zero-order valence-corrected chi connectivity index (χ0v) is 10.6. The molecule has 0 radical (unpaired) electrons. The molecule has 0 amide bonds. The van der Waals surface area contributed by atoms with Gasteiger partial charge in [0.2, 0.25) is 0 Å². The van der Waals surface area contributed by atoms with Gasteiger partial charge >= 0.3 is 0 Å². The molecule has 2 aromatic rings. The maximum atomic E-state index is 4.29. The van der Waals surface area contributed by atoms with Crippen LogP contribution >= 0.6 is 11.5 Å². The SMILES string of the molecule is Cc1ccc(CC(C)(C)C)c2sncc12. The zero-order chi connectivity index (χ0) is 11.1. The Bertz CT molecular complexity index is 477. The van der Waals surface area contributed by atoms with E-state index in [2.05, 4.69) is 44.2 Å². The number of fused-ring (bicyclic) bond motifs is 1. The molecule has 2 heteroatoms. The first-order valence-corrected chi connectivity index (χ1v) is 6.07. The Balaban J connectivity index is 2.53. The minimum Gasteiger partial charge on any atom is -0.200 e. The standard InChI is InChI=1S/C13H17NS/c1-9-5-6-10(7-13(2,3)4)12-11(9)8-14-15-12/h5-6,8H,7H2,1-4H3. The summed E-state index contributed by atoms with van der Waals surface area (Å²) < 4.78 is 5.66. The van der Waals surface area contributed by atoms with Gasteiger partial charge in [0.25, 0.3) is 0 Å². The number of rotatable bonds is 1. The van der Waals surface area contributed by atoms with Crippen LogP contribution in [0.25, 0.3) is 10.1 Å². The van der Waals surface area contributed by atoms with Gasteiger partial charge in [0.05, 0.1) is 4.70 Å². The molecule has 1 aromatic carbocycles. The van der Waals surface area contributed by atoms with E-state index in [1.54, 1.807) is 11.5 Å². The van der Waals surface area contributed by atoms with Crippen LogP contribution in [-0.2, 0) is 6.42 Å². The average Bonchev–Trinajstić information content (AvgIpc) is 2.57. The third-order valence-electron chi connectivity index (χ3n) is 2.54. The molecule has 80 valence electrons. The van der Waals surface area contributed by atoms with Crippen molar-refractivity contribution in [1.29, 1.82) is 0 Å². The van der Waals surface area contributed by atoms with E-state index in [1.165, 1.54) is 21.2 Å². The summed E-state index contributed by atoms with van der Waals surface area (Å²) in [5, 5.41) is 1.32. The highest BCUT2D eigenvalue weighted by Crippen LogP contribution is 2.30. The van der Waals surface area contributed by atoms with Gasteiger partial charge < -0.3 is 0 Å². The van der Waals surface area contributed by atoms with Crippen molar-refractivity contribution in [2.45, 2.75) is 34.1 Å². The Morgan fingerprint density at radius 3 is 2.67 bits per heavy atom. The van der Waals surface area contributed by atoms with Crippen LogP contribution < -0.4 is 0 Å². The maximum absolute atomic E-state index is 4.29. The number of hydrogen-bond donors (Lipinski definition) is 0. The fourth-order valence-electron chi connectivity index (χ4n) is 1.85. The molecule has 0 aliphatic carbocycles. The minimum atomic E-state index is 0.339. The average molecular weight is 219 g/mol. The van der Waals surface area contributed by atoms with Gasteiger partial charge in [0.1, 0.15) is 0 Å². The van der Waals surface area contributed by atoms with Gasteiger partial charge in [-0.05, 0) is 41.4 Å². The Labute approximate surface area is 95.3 Å². The van der Waals surface area contributed by atoms with Gasteiger partial charge in [-0.25, -0.2) is 0 Å². The van der Waals surface area contributed by atoms with E-state index in [0.717, 1.165) is 6.42 Å². The first-order chi connectivity index (χ1) is 6.97. The molecule has 1 nitrogen and oxygen atoms in total. The van der Waals surface area contributed by atoms with E-state index in [4.69, 9.17) is 0 Å². The molecular weight excluding hydrogens is 202 g/mol. The first kappa shape index (κ1) is 10.6. The van der Waals surface area contributed by atoms with Gasteiger partial charge in [0, 0.05) is 11.6 Å². The van der Waals surface area contributed by atoms with Crippen LogP contribution in [0.4, 0.5) is 0 Å². The summed E-state index contributed by atoms with van der Waals surface area (Å²) in [7, 11) is 0. The number of aryl methyl sites for hydroxylation is 1. The lowest BCUT2D eigenvalue weighted by Crippen LogP contribution is -2.09. The quantitative estimate of drug-likeness (QED) is 0.700. The predicted molar refractivity (Wildman–Crippen MR) is 67.5 cm³/mol. The highest BCUT2D eigenvalue weighted by molar-refractivity contribution is 7.13. The summed E-state index contributed by atoms with van der Waals surface area (Å²) in [5.41, 5.74) is 3.11. The Kier molecular flexibility index (Phi) is 2.55. The summed E-state index contributed by atoms with van der Waals surface area (Å²) in [4.78, 5) is 0. The number of nitrogens with zero attached hydrogens (tertiary/aromatic N) is 1. The van der Waals surface area contributed by atoms with Crippen molar-refractivity contribution in [1.82, 2.24) is 4.37 Å². The molecule has 2 rings (SSSR count). The normalized spacial score (nSPS) is 12.3. The van der Waals surface area contributed by atoms with Crippen LogP contribution in [0.15, 0.2) is 18.3 Å². The van der Waals surface area contributed by atoms with Crippen molar-refractivity contribution >= 4 is 21.6 Å². The Hall–Kier alpha value is -0.890. The van der Waals surface area contributed by atoms with Crippen LogP contribution in [-0.4, -0.2) is 4.37 Å². The molecule has 0 fully saturated rings. The summed E-state index contributed by atoms with van der Waals surface area (Å²) in [6.07, 6.45) is 3.10. The van der Waals surface area contributed by atoms with Gasteiger partial charge in [-0.15, -0.1) is 0 Å². The van der Waals surface area contributed by atoms with E-state index in [1.807, 2.05) is 6.20 Å². The van der Waals surface area contributed by atoms with Crippen molar-refractivity contribution in [3.8, 4) is 0 Å². The second kappa shape index (κ2) is 3.60. The molecule has 0 bridgehead atoms. The first-order valence-electron chi connectivity index (χ1n) is 5.30. The molecule has 15 heavy (non-hydrogen) atoms. The van der Waals surface area contributed by atoms with E-state index in [9.17, 15) is 0 Å². The van der Waals surface area contributed by atoms with Crippen LogP contribution in [0.1, 0.15) is 31.9 Å². The molecule has 0 aliphatic rings. The molecule has 0 aliphatic heterocycles. The molecular formula is C13H17NS. The molecule has 1 aromatic heterocycles. The van der Waals surface area contributed by atoms with Crippen molar-refractivity contribution in [2.75, 3.05) is 0 Å².